The minimum absolute atomic E-state index is 0.445. The lowest BCUT2D eigenvalue weighted by Gasteiger charge is -2.05. The van der Waals surface area contributed by atoms with E-state index in [-0.39, 0.29) is 0 Å². The number of halogens is 1. The van der Waals surface area contributed by atoms with Gasteiger partial charge in [0.15, 0.2) is 0 Å². The van der Waals surface area contributed by atoms with E-state index in [0.29, 0.717) is 5.88 Å². The van der Waals surface area contributed by atoms with E-state index in [4.69, 9.17) is 11.6 Å². The molecule has 98 valence electrons. The summed E-state index contributed by atoms with van der Waals surface area (Å²) in [5.74, 6) is 1.38. The molecule has 0 saturated carbocycles. The summed E-state index contributed by atoms with van der Waals surface area (Å²) in [6.45, 7) is 3.04. The first kappa shape index (κ1) is 12.7. The summed E-state index contributed by atoms with van der Waals surface area (Å²) < 4.78 is 2.22. The lowest BCUT2D eigenvalue weighted by atomic mass is 10.3. The van der Waals surface area contributed by atoms with Crippen LogP contribution in [-0.4, -0.2) is 9.55 Å². The van der Waals surface area contributed by atoms with Gasteiger partial charge in [0, 0.05) is 9.75 Å². The molecule has 0 N–H and O–H groups in total. The third-order valence-electron chi connectivity index (χ3n) is 3.23. The predicted molar refractivity (Wildman–Crippen MR) is 82.1 cm³/mol. The molecule has 0 amide bonds. The lowest BCUT2D eigenvalue weighted by molar-refractivity contribution is 0.789. The van der Waals surface area contributed by atoms with Gasteiger partial charge >= 0.3 is 0 Å². The Balaban J connectivity index is 2.03. The molecule has 0 saturated heterocycles. The number of alkyl halides is 1. The number of hydrogen-bond donors (Lipinski definition) is 0. The second-order valence-electron chi connectivity index (χ2n) is 4.46. The van der Waals surface area contributed by atoms with E-state index in [1.807, 2.05) is 29.5 Å². The molecule has 0 unspecified atom stereocenters. The number of aryl methyl sites for hydroxylation is 1. The van der Waals surface area contributed by atoms with Gasteiger partial charge in [-0.2, -0.15) is 0 Å². The van der Waals surface area contributed by atoms with Gasteiger partial charge in [0.05, 0.1) is 23.5 Å². The Hall–Kier alpha value is -1.32. The minimum Gasteiger partial charge on any atom is -0.322 e. The van der Waals surface area contributed by atoms with Crippen molar-refractivity contribution in [2.24, 2.45) is 0 Å². The largest absolute Gasteiger partial charge is 0.322 e. The molecule has 4 heteroatoms. The van der Waals surface area contributed by atoms with E-state index in [1.54, 1.807) is 0 Å². The molecule has 0 radical (unpaired) electrons. The third-order valence-corrected chi connectivity index (χ3v) is 4.69. The highest BCUT2D eigenvalue weighted by Crippen LogP contribution is 2.23. The maximum Gasteiger partial charge on any atom is 0.125 e. The van der Waals surface area contributed by atoms with Crippen LogP contribution in [0.4, 0.5) is 0 Å². The van der Waals surface area contributed by atoms with Crippen molar-refractivity contribution in [3.8, 4) is 0 Å². The zero-order valence-electron chi connectivity index (χ0n) is 10.8. The molecule has 3 aromatic rings. The molecule has 0 spiro atoms. The molecule has 3 rings (SSSR count). The van der Waals surface area contributed by atoms with Crippen molar-refractivity contribution in [1.82, 2.24) is 9.55 Å². The van der Waals surface area contributed by atoms with Gasteiger partial charge in [0.1, 0.15) is 5.82 Å². The van der Waals surface area contributed by atoms with Crippen LogP contribution in [0.2, 0.25) is 0 Å². The third kappa shape index (κ3) is 2.40. The van der Waals surface area contributed by atoms with E-state index < -0.39 is 0 Å². The minimum atomic E-state index is 0.445. The molecule has 0 bridgehead atoms. The van der Waals surface area contributed by atoms with Crippen LogP contribution in [0.5, 0.6) is 0 Å². The van der Waals surface area contributed by atoms with E-state index in [2.05, 4.69) is 34.7 Å². The Morgan fingerprint density at radius 3 is 2.68 bits per heavy atom. The molecular formula is C15H15ClN2S. The predicted octanol–water partition coefficient (Wildman–Crippen LogP) is 4.45. The van der Waals surface area contributed by atoms with E-state index in [1.165, 1.54) is 9.75 Å². The average molecular weight is 291 g/mol. The monoisotopic (exact) mass is 290 g/mol. The smallest absolute Gasteiger partial charge is 0.125 e. The number of benzene rings is 1. The molecular weight excluding hydrogens is 276 g/mol. The maximum absolute atomic E-state index is 6.02. The fourth-order valence-corrected chi connectivity index (χ4v) is 3.41. The molecule has 0 aliphatic rings. The fourth-order valence-electron chi connectivity index (χ4n) is 2.26. The highest BCUT2D eigenvalue weighted by Gasteiger charge is 2.10. The van der Waals surface area contributed by atoms with E-state index in [9.17, 15) is 0 Å². The second-order valence-corrected chi connectivity index (χ2v) is 5.98. The van der Waals surface area contributed by atoms with Crippen LogP contribution >= 0.6 is 22.9 Å². The van der Waals surface area contributed by atoms with Crippen molar-refractivity contribution in [3.63, 3.8) is 0 Å². The summed E-state index contributed by atoms with van der Waals surface area (Å²) >= 11 is 7.89. The van der Waals surface area contributed by atoms with Crippen LogP contribution in [0, 0.1) is 0 Å². The normalized spacial score (nSPS) is 11.3. The van der Waals surface area contributed by atoms with Gasteiger partial charge in [-0.1, -0.05) is 19.1 Å². The average Bonchev–Trinajstić information content (AvgIpc) is 3.04. The molecule has 19 heavy (non-hydrogen) atoms. The Bertz CT molecular complexity index is 699. The van der Waals surface area contributed by atoms with Crippen LogP contribution in [0.1, 0.15) is 22.5 Å². The van der Waals surface area contributed by atoms with Crippen molar-refractivity contribution in [3.05, 3.63) is 52.0 Å². The van der Waals surface area contributed by atoms with Gasteiger partial charge in [-0.25, -0.2) is 4.98 Å². The molecule has 2 aromatic heterocycles. The molecule has 0 fully saturated rings. The first-order valence-corrected chi connectivity index (χ1v) is 7.74. The summed E-state index contributed by atoms with van der Waals surface area (Å²) in [5.41, 5.74) is 2.18. The number of para-hydroxylation sites is 2. The quantitative estimate of drug-likeness (QED) is 0.649. The van der Waals surface area contributed by atoms with Gasteiger partial charge in [0.2, 0.25) is 0 Å². The lowest BCUT2D eigenvalue weighted by Crippen LogP contribution is -2.02. The van der Waals surface area contributed by atoms with Crippen molar-refractivity contribution in [1.29, 1.82) is 0 Å². The van der Waals surface area contributed by atoms with Gasteiger partial charge in [-0.3, -0.25) is 0 Å². The fraction of sp³-hybridized carbons (Fsp3) is 0.267. The zero-order chi connectivity index (χ0) is 13.2. The molecule has 2 heterocycles. The maximum atomic E-state index is 6.02. The molecule has 0 aliphatic heterocycles. The van der Waals surface area contributed by atoms with Crippen molar-refractivity contribution >= 4 is 34.0 Å². The molecule has 0 atom stereocenters. The van der Waals surface area contributed by atoms with Crippen LogP contribution in [0.3, 0.4) is 0 Å². The summed E-state index contributed by atoms with van der Waals surface area (Å²) in [6, 6.07) is 12.6. The van der Waals surface area contributed by atoms with Crippen LogP contribution < -0.4 is 0 Å². The highest BCUT2D eigenvalue weighted by atomic mass is 35.5. The number of thiophene rings is 1. The second kappa shape index (κ2) is 5.35. The van der Waals surface area contributed by atoms with Crippen LogP contribution in [0.15, 0.2) is 36.4 Å². The van der Waals surface area contributed by atoms with Crippen molar-refractivity contribution in [2.45, 2.75) is 25.8 Å². The Kier molecular flexibility index (Phi) is 3.58. The van der Waals surface area contributed by atoms with Gasteiger partial charge in [-0.05, 0) is 30.7 Å². The summed E-state index contributed by atoms with van der Waals surface area (Å²) in [7, 11) is 0. The number of fused-ring (bicyclic) bond motifs is 1. The number of nitrogens with zero attached hydrogens (tertiary/aromatic N) is 2. The Morgan fingerprint density at radius 1 is 1.16 bits per heavy atom. The molecule has 2 nitrogen and oxygen atoms in total. The van der Waals surface area contributed by atoms with E-state index >= 15 is 0 Å². The summed E-state index contributed by atoms with van der Waals surface area (Å²) in [6.07, 6.45) is 1.09. The van der Waals surface area contributed by atoms with Crippen molar-refractivity contribution in [2.75, 3.05) is 0 Å². The SMILES string of the molecule is CCc1ccc(Cn2c(CCl)nc3ccccc32)s1. The number of rotatable bonds is 4. The van der Waals surface area contributed by atoms with Gasteiger partial charge in [-0.15, -0.1) is 22.9 Å². The number of imidazole rings is 1. The first-order chi connectivity index (χ1) is 9.31. The van der Waals surface area contributed by atoms with Crippen molar-refractivity contribution < 1.29 is 0 Å². The van der Waals surface area contributed by atoms with Crippen LogP contribution in [0.25, 0.3) is 11.0 Å². The zero-order valence-corrected chi connectivity index (χ0v) is 12.3. The Labute approximate surface area is 121 Å². The highest BCUT2D eigenvalue weighted by molar-refractivity contribution is 7.11. The number of hydrogen-bond acceptors (Lipinski definition) is 2. The standard InChI is InChI=1S/C15H15ClN2S/c1-2-11-7-8-12(19-11)10-18-14-6-4-3-5-13(14)17-15(18)9-16/h3-8H,2,9-10H2,1H3. The Morgan fingerprint density at radius 2 is 1.95 bits per heavy atom. The van der Waals surface area contributed by atoms with E-state index in [0.717, 1.165) is 29.8 Å². The number of aromatic nitrogens is 2. The first-order valence-electron chi connectivity index (χ1n) is 6.39. The van der Waals surface area contributed by atoms with Gasteiger partial charge < -0.3 is 4.57 Å². The van der Waals surface area contributed by atoms with Crippen LogP contribution in [-0.2, 0) is 18.8 Å². The molecule has 0 aliphatic carbocycles. The molecule has 1 aromatic carbocycles. The summed E-state index contributed by atoms with van der Waals surface area (Å²) in [4.78, 5) is 7.37. The summed E-state index contributed by atoms with van der Waals surface area (Å²) in [5, 5.41) is 0. The van der Waals surface area contributed by atoms with Gasteiger partial charge in [0.25, 0.3) is 0 Å². The topological polar surface area (TPSA) is 17.8 Å².